The van der Waals surface area contributed by atoms with Crippen molar-refractivity contribution in [2.45, 2.75) is 55.3 Å². The molecule has 2 aromatic carbocycles. The third-order valence-electron chi connectivity index (χ3n) is 6.58. The van der Waals surface area contributed by atoms with Crippen LogP contribution in [-0.2, 0) is 16.0 Å². The van der Waals surface area contributed by atoms with Crippen LogP contribution in [0.2, 0.25) is 0 Å². The van der Waals surface area contributed by atoms with Crippen molar-refractivity contribution in [2.24, 2.45) is 0 Å². The molecule has 1 aliphatic heterocycles. The lowest BCUT2D eigenvalue weighted by atomic mass is 9.95. The van der Waals surface area contributed by atoms with Crippen LogP contribution in [0, 0.1) is 0 Å². The van der Waals surface area contributed by atoms with Gasteiger partial charge >= 0.3 is 0 Å². The Hall–Kier alpha value is -2.83. The summed E-state index contributed by atoms with van der Waals surface area (Å²) >= 11 is 1.34. The minimum absolute atomic E-state index is 0.150. The Morgan fingerprint density at radius 2 is 1.84 bits per heavy atom. The minimum atomic E-state index is -1.50. The van der Waals surface area contributed by atoms with E-state index in [2.05, 4.69) is 5.32 Å². The van der Waals surface area contributed by atoms with Crippen molar-refractivity contribution < 1.29 is 39.1 Å². The molecule has 2 aromatic rings. The average Bonchev–Trinajstić information content (AvgIpc) is 3.11. The number of ether oxygens (including phenoxy) is 4. The second-order valence-corrected chi connectivity index (χ2v) is 9.76. The van der Waals surface area contributed by atoms with Gasteiger partial charge in [0.15, 0.2) is 16.9 Å². The number of fused-ring (bicyclic) bond motifs is 3. The zero-order valence-electron chi connectivity index (χ0n) is 21.0. The van der Waals surface area contributed by atoms with Gasteiger partial charge in [0.2, 0.25) is 17.9 Å². The molecule has 1 fully saturated rings. The van der Waals surface area contributed by atoms with E-state index in [0.29, 0.717) is 40.2 Å². The summed E-state index contributed by atoms with van der Waals surface area (Å²) < 4.78 is 22.8. The van der Waals surface area contributed by atoms with E-state index in [4.69, 9.17) is 18.9 Å². The standard InChI is InChI=1S/C26H31NO9S/c1-12(28)27-16-7-5-13-9-19(36-26-23(32)22(31)18(30)11-35-26)24(33-2)25(34-3)21(13)14-6-8-20(37-4)17(29)10-15(14)16/h6,8-10,16,18,22-23,26,30-32H,5,7,11H2,1-4H3,(H,27,28)/t16-,18+,22-,23+,26-/m0/s1. The Morgan fingerprint density at radius 1 is 1.11 bits per heavy atom. The fourth-order valence-corrected chi connectivity index (χ4v) is 5.27. The lowest BCUT2D eigenvalue weighted by molar-refractivity contribution is -0.242. The van der Waals surface area contributed by atoms with Gasteiger partial charge in [-0.15, -0.1) is 11.8 Å². The molecule has 0 spiro atoms. The first-order valence-corrected chi connectivity index (χ1v) is 13.0. The van der Waals surface area contributed by atoms with Crippen LogP contribution < -0.4 is 25.0 Å². The Morgan fingerprint density at radius 3 is 2.49 bits per heavy atom. The zero-order valence-corrected chi connectivity index (χ0v) is 21.8. The van der Waals surface area contributed by atoms with Crippen LogP contribution in [0.25, 0.3) is 11.1 Å². The van der Waals surface area contributed by atoms with Crippen LogP contribution in [0.5, 0.6) is 17.2 Å². The molecule has 4 rings (SSSR count). The number of aliphatic hydroxyl groups excluding tert-OH is 3. The highest BCUT2D eigenvalue weighted by molar-refractivity contribution is 7.98. The van der Waals surface area contributed by atoms with E-state index in [1.54, 1.807) is 18.2 Å². The van der Waals surface area contributed by atoms with E-state index in [1.807, 2.05) is 12.3 Å². The van der Waals surface area contributed by atoms with Gasteiger partial charge in [0.1, 0.15) is 18.3 Å². The molecule has 1 saturated heterocycles. The first-order valence-electron chi connectivity index (χ1n) is 11.8. The summed E-state index contributed by atoms with van der Waals surface area (Å²) in [7, 11) is 2.93. The number of carbonyl (C=O) groups is 1. The van der Waals surface area contributed by atoms with Crippen LogP contribution >= 0.6 is 11.8 Å². The highest BCUT2D eigenvalue weighted by Crippen LogP contribution is 2.50. The van der Waals surface area contributed by atoms with Gasteiger partial charge in [0.25, 0.3) is 0 Å². The summed E-state index contributed by atoms with van der Waals surface area (Å²) in [5, 5.41) is 33.2. The molecule has 1 heterocycles. The van der Waals surface area contributed by atoms with Gasteiger partial charge in [-0.2, -0.15) is 0 Å². The maximum absolute atomic E-state index is 12.9. The third-order valence-corrected chi connectivity index (χ3v) is 7.35. The number of hydrogen-bond donors (Lipinski definition) is 4. The van der Waals surface area contributed by atoms with Crippen molar-refractivity contribution in [1.82, 2.24) is 5.32 Å². The molecule has 0 bridgehead atoms. The van der Waals surface area contributed by atoms with E-state index in [0.717, 1.165) is 5.56 Å². The highest BCUT2D eigenvalue weighted by atomic mass is 32.2. The van der Waals surface area contributed by atoms with Crippen LogP contribution in [0.1, 0.15) is 30.5 Å². The van der Waals surface area contributed by atoms with Crippen LogP contribution in [0.4, 0.5) is 0 Å². The molecule has 1 amide bonds. The lowest BCUT2D eigenvalue weighted by Crippen LogP contribution is -2.54. The molecule has 5 atom stereocenters. The molecule has 2 aliphatic rings. The van der Waals surface area contributed by atoms with Crippen LogP contribution in [0.15, 0.2) is 34.0 Å². The number of thioether (sulfide) groups is 1. The summed E-state index contributed by atoms with van der Waals surface area (Å²) in [6, 6.07) is 6.48. The number of methoxy groups -OCH3 is 2. The second-order valence-electron chi connectivity index (χ2n) is 8.91. The van der Waals surface area contributed by atoms with Crippen molar-refractivity contribution in [2.75, 3.05) is 27.1 Å². The number of aryl methyl sites for hydroxylation is 1. The molecule has 200 valence electrons. The predicted octanol–water partition coefficient (Wildman–Crippen LogP) is 1.39. The Bertz CT molecular complexity index is 1240. The van der Waals surface area contributed by atoms with E-state index in [-0.39, 0.29) is 29.4 Å². The monoisotopic (exact) mass is 533 g/mol. The molecule has 1 aliphatic carbocycles. The first kappa shape index (κ1) is 27.2. The van der Waals surface area contributed by atoms with Gasteiger partial charge in [0.05, 0.1) is 31.8 Å². The van der Waals surface area contributed by atoms with E-state index in [1.165, 1.54) is 32.9 Å². The number of carbonyl (C=O) groups excluding carboxylic acids is 1. The predicted molar refractivity (Wildman–Crippen MR) is 136 cm³/mol. The SMILES string of the molecule is COc1c(O[C@@H]2OC[C@@H](O)[C@H](O)[C@H]2O)cc2c(c1OC)-c1ccc(SC)c(=O)cc1[C@@H](NC(C)=O)CC2. The molecule has 0 unspecified atom stereocenters. The number of aliphatic hydroxyl groups is 3. The van der Waals surface area contributed by atoms with Crippen molar-refractivity contribution >= 4 is 17.7 Å². The van der Waals surface area contributed by atoms with E-state index < -0.39 is 30.6 Å². The number of rotatable bonds is 6. The summed E-state index contributed by atoms with van der Waals surface area (Å²) in [5.41, 5.74) is 2.71. The summed E-state index contributed by atoms with van der Waals surface area (Å²) in [4.78, 5) is 25.5. The molecule has 37 heavy (non-hydrogen) atoms. The summed E-state index contributed by atoms with van der Waals surface area (Å²) in [6.07, 6.45) is -2.61. The van der Waals surface area contributed by atoms with Gasteiger partial charge in [-0.05, 0) is 54.0 Å². The van der Waals surface area contributed by atoms with Crippen LogP contribution in [0.3, 0.4) is 0 Å². The van der Waals surface area contributed by atoms with Crippen molar-refractivity contribution in [3.05, 3.63) is 45.6 Å². The molecule has 11 heteroatoms. The van der Waals surface area contributed by atoms with Crippen molar-refractivity contribution in [3.8, 4) is 28.4 Å². The lowest BCUT2D eigenvalue weighted by Gasteiger charge is -2.35. The third kappa shape index (κ3) is 5.27. The topological polar surface area (TPSA) is 144 Å². The number of benzene rings is 1. The van der Waals surface area contributed by atoms with Gasteiger partial charge < -0.3 is 39.6 Å². The normalized spacial score (nSPS) is 24.8. The summed E-state index contributed by atoms with van der Waals surface area (Å²) in [6.45, 7) is 1.22. The minimum Gasteiger partial charge on any atom is -0.492 e. The Labute approximate surface area is 218 Å². The zero-order chi connectivity index (χ0) is 26.9. The van der Waals surface area contributed by atoms with E-state index in [9.17, 15) is 24.9 Å². The van der Waals surface area contributed by atoms with Crippen LogP contribution in [-0.4, -0.2) is 72.9 Å². The van der Waals surface area contributed by atoms with Gasteiger partial charge in [-0.1, -0.05) is 6.07 Å². The largest absolute Gasteiger partial charge is 0.492 e. The molecule has 4 N–H and O–H groups in total. The highest BCUT2D eigenvalue weighted by Gasteiger charge is 2.40. The number of hydrogen-bond acceptors (Lipinski definition) is 10. The summed E-state index contributed by atoms with van der Waals surface area (Å²) in [5.74, 6) is 0.555. The fraction of sp³-hybridized carbons (Fsp3) is 0.462. The van der Waals surface area contributed by atoms with Crippen molar-refractivity contribution in [3.63, 3.8) is 0 Å². The van der Waals surface area contributed by atoms with Crippen molar-refractivity contribution in [1.29, 1.82) is 0 Å². The first-order chi connectivity index (χ1) is 17.7. The van der Waals surface area contributed by atoms with Gasteiger partial charge in [-0.3, -0.25) is 9.59 Å². The molecule has 10 nitrogen and oxygen atoms in total. The Kier molecular flexibility index (Phi) is 8.29. The average molecular weight is 534 g/mol. The quantitative estimate of drug-likeness (QED) is 0.402. The second kappa shape index (κ2) is 11.3. The molecular weight excluding hydrogens is 502 g/mol. The van der Waals surface area contributed by atoms with E-state index >= 15 is 0 Å². The maximum atomic E-state index is 12.9. The molecule has 0 aromatic heterocycles. The maximum Gasteiger partial charge on any atom is 0.229 e. The number of nitrogens with one attached hydrogen (secondary N) is 1. The molecule has 0 saturated carbocycles. The smallest absolute Gasteiger partial charge is 0.229 e. The molecular formula is C26H31NO9S. The van der Waals surface area contributed by atoms with Gasteiger partial charge in [0, 0.05) is 12.5 Å². The van der Waals surface area contributed by atoms with Gasteiger partial charge in [-0.25, -0.2) is 0 Å². The Balaban J connectivity index is 1.90. The number of amides is 1. The molecule has 0 radical (unpaired) electrons. The fourth-order valence-electron chi connectivity index (χ4n) is 4.81.